The third-order valence-corrected chi connectivity index (χ3v) is 45.8. The fourth-order valence-electron chi connectivity index (χ4n) is 10.1. The van der Waals surface area contributed by atoms with Crippen molar-refractivity contribution in [3.63, 3.8) is 0 Å². The van der Waals surface area contributed by atoms with E-state index in [1.54, 1.807) is 36.4 Å². The molecule has 0 aliphatic carbocycles. The molecular weight excluding hydrogens is 960 g/mol. The summed E-state index contributed by atoms with van der Waals surface area (Å²) in [7, 11) is 0. The van der Waals surface area contributed by atoms with Gasteiger partial charge >= 0.3 is 345 Å². The van der Waals surface area contributed by atoms with Gasteiger partial charge in [-0.3, -0.25) is 0 Å². The van der Waals surface area contributed by atoms with Crippen LogP contribution in [0.15, 0.2) is 84.9 Å². The summed E-state index contributed by atoms with van der Waals surface area (Å²) in [6.07, 6.45) is 0. The average molecular weight is 1020 g/mol. The maximum atomic E-state index is 13.1. The topological polar surface area (TPSA) is 140 Å². The Kier molecular flexibility index (Phi) is 9.25. The van der Waals surface area contributed by atoms with E-state index in [0.717, 1.165) is 66.8 Å². The number of rotatable bonds is 6. The first-order valence-corrected chi connectivity index (χ1v) is 31.7. The van der Waals surface area contributed by atoms with Crippen molar-refractivity contribution in [1.82, 2.24) is 0 Å². The first-order valence-electron chi connectivity index (χ1n) is 19.3. The quantitative estimate of drug-likeness (QED) is 0.0929. The molecular formula is C48H56O8Te2. The minimum atomic E-state index is -9.13. The Morgan fingerprint density at radius 1 is 0.310 bits per heavy atom. The molecule has 0 spiro atoms. The van der Waals surface area contributed by atoms with Crippen LogP contribution in [0, 0.1) is 83.1 Å². The molecule has 6 aromatic rings. The van der Waals surface area contributed by atoms with Gasteiger partial charge in [0, 0.05) is 0 Å². The minimum absolute atomic E-state index is 0.145. The predicted octanol–water partition coefficient (Wildman–Crippen LogP) is 7.85. The van der Waals surface area contributed by atoms with Crippen molar-refractivity contribution in [1.29, 1.82) is 0 Å². The summed E-state index contributed by atoms with van der Waals surface area (Å²) in [6, 6.07) is 25.4. The summed E-state index contributed by atoms with van der Waals surface area (Å²) < 4.78 is 89.7. The standard InChI is InChI=1S/C48H56O8Te2/c1-27-19-31(5)43(32(6)20-27)39-15-13-16-40(44-33(7)21-28(2)22-34(44)8)47(39)57(49,50,51)55-58(52,53,54,56-57)48-41(45-35(9)23-29(3)24-36(45)10)17-14-18-42(48)46-37(11)25-30(4)26-38(46)12/h13-26,49-54H,1-12H3. The van der Waals surface area contributed by atoms with Crippen LogP contribution in [0.1, 0.15) is 66.8 Å². The first-order chi connectivity index (χ1) is 26.5. The monoisotopic (exact) mass is 1020 g/mol. The van der Waals surface area contributed by atoms with Gasteiger partial charge in [-0.15, -0.1) is 0 Å². The molecule has 0 amide bonds. The molecule has 6 aromatic carbocycles. The molecule has 308 valence electrons. The van der Waals surface area contributed by atoms with E-state index in [1.807, 2.05) is 132 Å². The van der Waals surface area contributed by atoms with Crippen LogP contribution < -0.4 is 7.22 Å². The molecule has 7 rings (SSSR count). The third-order valence-electron chi connectivity index (χ3n) is 11.3. The van der Waals surface area contributed by atoms with E-state index >= 15 is 0 Å². The van der Waals surface area contributed by atoms with Crippen molar-refractivity contribution < 1.29 is 23.8 Å². The van der Waals surface area contributed by atoms with Crippen molar-refractivity contribution in [2.24, 2.45) is 0 Å². The van der Waals surface area contributed by atoms with Crippen LogP contribution in [-0.2, 0) is 2.93 Å². The molecule has 58 heavy (non-hydrogen) atoms. The Balaban J connectivity index is 1.64. The van der Waals surface area contributed by atoms with E-state index in [0.29, 0.717) is 22.3 Å². The molecule has 8 nitrogen and oxygen atoms in total. The van der Waals surface area contributed by atoms with Gasteiger partial charge in [0.1, 0.15) is 0 Å². The molecule has 1 fully saturated rings. The van der Waals surface area contributed by atoms with Crippen LogP contribution in [-0.4, -0.2) is 55.8 Å². The van der Waals surface area contributed by atoms with E-state index in [1.165, 1.54) is 0 Å². The van der Waals surface area contributed by atoms with Crippen LogP contribution in [0.3, 0.4) is 0 Å². The molecule has 1 heterocycles. The molecule has 0 radical (unpaired) electrons. The Morgan fingerprint density at radius 3 is 0.655 bits per heavy atom. The normalized spacial score (nSPS) is 20.4. The molecule has 10 heteroatoms. The zero-order chi connectivity index (χ0) is 42.8. The van der Waals surface area contributed by atoms with Crippen LogP contribution in [0.2, 0.25) is 0 Å². The average Bonchev–Trinajstić information content (AvgIpc) is 3.01. The van der Waals surface area contributed by atoms with Gasteiger partial charge in [-0.1, -0.05) is 0 Å². The van der Waals surface area contributed by atoms with Gasteiger partial charge in [-0.2, -0.15) is 0 Å². The zero-order valence-electron chi connectivity index (χ0n) is 35.4. The van der Waals surface area contributed by atoms with E-state index < -0.39 is 42.2 Å². The Labute approximate surface area is 342 Å². The molecule has 1 aliphatic rings. The Morgan fingerprint density at radius 2 is 0.483 bits per heavy atom. The van der Waals surface area contributed by atoms with Crippen molar-refractivity contribution in [2.75, 3.05) is 0 Å². The molecule has 0 bridgehead atoms. The fraction of sp³-hybridized carbons (Fsp3) is 0.250. The predicted molar refractivity (Wildman–Crippen MR) is 238 cm³/mol. The molecule has 1 saturated heterocycles. The van der Waals surface area contributed by atoms with Gasteiger partial charge in [-0.05, 0) is 0 Å². The molecule has 1 aliphatic heterocycles. The van der Waals surface area contributed by atoms with Gasteiger partial charge in [0.25, 0.3) is 0 Å². The van der Waals surface area contributed by atoms with Crippen molar-refractivity contribution >= 4 is 42.2 Å². The molecule has 0 saturated carbocycles. The van der Waals surface area contributed by atoms with E-state index in [4.69, 9.17) is 2.93 Å². The van der Waals surface area contributed by atoms with Crippen molar-refractivity contribution in [2.45, 2.75) is 83.1 Å². The van der Waals surface area contributed by atoms with Crippen molar-refractivity contribution in [3.05, 3.63) is 152 Å². The number of benzene rings is 6. The first kappa shape index (κ1) is 42.7. The van der Waals surface area contributed by atoms with Crippen LogP contribution in [0.4, 0.5) is 0 Å². The van der Waals surface area contributed by atoms with E-state index in [9.17, 15) is 20.8 Å². The van der Waals surface area contributed by atoms with E-state index in [-0.39, 0.29) is 22.3 Å². The summed E-state index contributed by atoms with van der Waals surface area (Å²) in [6.45, 7) is 22.8. The van der Waals surface area contributed by atoms with Gasteiger partial charge in [0.05, 0.1) is 0 Å². The zero-order valence-corrected chi connectivity index (χ0v) is 40.1. The van der Waals surface area contributed by atoms with Crippen molar-refractivity contribution in [3.8, 4) is 44.5 Å². The summed E-state index contributed by atoms with van der Waals surface area (Å²) >= 11 is -18.3. The fourth-order valence-corrected chi connectivity index (χ4v) is 53.9. The van der Waals surface area contributed by atoms with Gasteiger partial charge in [0.2, 0.25) is 0 Å². The molecule has 6 N–H and O–H groups in total. The van der Waals surface area contributed by atoms with E-state index in [2.05, 4.69) is 0 Å². The number of aryl methyl sites for hydroxylation is 12. The molecule has 0 unspecified atom stereocenters. The van der Waals surface area contributed by atoms with Crippen LogP contribution in [0.25, 0.3) is 44.5 Å². The second kappa shape index (κ2) is 12.6. The maximum absolute atomic E-state index is 13.1. The summed E-state index contributed by atoms with van der Waals surface area (Å²) in [4.78, 5) is 0. The van der Waals surface area contributed by atoms with Crippen LogP contribution in [0.5, 0.6) is 0 Å². The van der Waals surface area contributed by atoms with Gasteiger partial charge < -0.3 is 0 Å². The second-order valence-corrected chi connectivity index (χ2v) is 39.0. The summed E-state index contributed by atoms with van der Waals surface area (Å²) in [5, 5.41) is 0. The summed E-state index contributed by atoms with van der Waals surface area (Å²) in [5.41, 5.74) is 12.7. The van der Waals surface area contributed by atoms with Crippen LogP contribution >= 0.6 is 0 Å². The Bertz CT molecular complexity index is 2360. The molecule has 0 atom stereocenters. The van der Waals surface area contributed by atoms with Gasteiger partial charge in [0.15, 0.2) is 0 Å². The molecule has 0 aromatic heterocycles. The SMILES string of the molecule is Cc1cc(C)c(-c2cccc(-c3c(C)cc(C)cc3C)c2[Te]2(O)(O)(O)O[Te](O)(O)(O)(c3c(-c4c(C)cc(C)cc4C)cccc3-c3c(C)cc(C)cc3C)O2)c(C)c1. The third kappa shape index (κ3) is 6.69. The van der Waals surface area contributed by atoms with Gasteiger partial charge in [-0.25, -0.2) is 0 Å². The Hall–Kier alpha value is -3.42. The summed E-state index contributed by atoms with van der Waals surface area (Å²) in [5.74, 6) is 0. The number of hydrogen-bond donors (Lipinski definition) is 6. The number of hydrogen-bond acceptors (Lipinski definition) is 8. The second-order valence-electron chi connectivity index (χ2n) is 17.0.